The summed E-state index contributed by atoms with van der Waals surface area (Å²) in [4.78, 5) is 17.2. The van der Waals surface area contributed by atoms with Crippen molar-refractivity contribution in [3.63, 3.8) is 0 Å². The van der Waals surface area contributed by atoms with Gasteiger partial charge in [0.05, 0.1) is 10.9 Å². The number of nitrogens with zero attached hydrogens (tertiary/aromatic N) is 3. The fourth-order valence-electron chi connectivity index (χ4n) is 4.87. The van der Waals surface area contributed by atoms with Gasteiger partial charge in [-0.2, -0.15) is 0 Å². The Morgan fingerprint density at radius 3 is 2.79 bits per heavy atom. The van der Waals surface area contributed by atoms with Gasteiger partial charge in [0.25, 0.3) is 0 Å². The number of carbonyl (C=O) groups excluding carboxylic acids is 1. The van der Waals surface area contributed by atoms with E-state index in [0.29, 0.717) is 24.7 Å². The molecular formula is C21H30N6O2. The molecule has 1 aliphatic carbocycles. The molecule has 0 spiro atoms. The van der Waals surface area contributed by atoms with Gasteiger partial charge in [0.15, 0.2) is 0 Å². The number of amides is 2. The van der Waals surface area contributed by atoms with Gasteiger partial charge in [-0.05, 0) is 57.0 Å². The maximum Gasteiger partial charge on any atom is 0.319 e. The van der Waals surface area contributed by atoms with Crippen molar-refractivity contribution in [2.24, 2.45) is 0 Å². The number of fused-ring (bicyclic) bond motifs is 5. The van der Waals surface area contributed by atoms with E-state index < -0.39 is 0 Å². The molecule has 3 saturated heterocycles. The molecule has 0 atom stereocenters. The van der Waals surface area contributed by atoms with Crippen LogP contribution in [0.25, 0.3) is 10.9 Å². The minimum absolute atomic E-state index is 0.141. The maximum absolute atomic E-state index is 12.3. The van der Waals surface area contributed by atoms with Crippen LogP contribution in [0.2, 0.25) is 0 Å². The van der Waals surface area contributed by atoms with E-state index >= 15 is 0 Å². The first-order chi connectivity index (χ1) is 14.2. The summed E-state index contributed by atoms with van der Waals surface area (Å²) in [6.07, 6.45) is 6.97. The van der Waals surface area contributed by atoms with Crippen LogP contribution >= 0.6 is 0 Å². The number of anilines is 1. The third-order valence-corrected chi connectivity index (χ3v) is 6.62. The first-order valence-corrected chi connectivity index (χ1v) is 10.9. The molecule has 0 unspecified atom stereocenters. The summed E-state index contributed by atoms with van der Waals surface area (Å²) in [5.41, 5.74) is 1.66. The Hall–Kier alpha value is -2.32. The summed E-state index contributed by atoms with van der Waals surface area (Å²) >= 11 is 0. The highest BCUT2D eigenvalue weighted by Gasteiger charge is 2.29. The molecular weight excluding hydrogens is 368 g/mol. The van der Waals surface area contributed by atoms with Crippen molar-refractivity contribution in [3.8, 4) is 5.88 Å². The molecule has 1 aromatic heterocycles. The quantitative estimate of drug-likeness (QED) is 0.721. The number of aromatic amines is 1. The zero-order valence-corrected chi connectivity index (χ0v) is 16.8. The summed E-state index contributed by atoms with van der Waals surface area (Å²) in [7, 11) is 0. The number of benzene rings is 1. The predicted molar refractivity (Wildman–Crippen MR) is 112 cm³/mol. The minimum atomic E-state index is -0.141. The lowest BCUT2D eigenvalue weighted by atomic mass is 10.1. The Labute approximate surface area is 170 Å². The summed E-state index contributed by atoms with van der Waals surface area (Å²) < 4.78 is 6.11. The minimum Gasteiger partial charge on any atom is -0.460 e. The van der Waals surface area contributed by atoms with Crippen molar-refractivity contribution in [1.29, 1.82) is 0 Å². The number of aromatic nitrogens is 2. The van der Waals surface area contributed by atoms with Crippen molar-refractivity contribution >= 4 is 22.6 Å². The highest BCUT2D eigenvalue weighted by molar-refractivity contribution is 5.94. The van der Waals surface area contributed by atoms with Gasteiger partial charge in [-0.3, -0.25) is 10.00 Å². The van der Waals surface area contributed by atoms with Crippen LogP contribution in [0.5, 0.6) is 5.88 Å². The molecule has 8 nitrogen and oxygen atoms in total. The number of H-pyrrole nitrogens is 1. The highest BCUT2D eigenvalue weighted by atomic mass is 16.5. The van der Waals surface area contributed by atoms with Gasteiger partial charge >= 0.3 is 6.03 Å². The summed E-state index contributed by atoms with van der Waals surface area (Å²) in [6, 6.07) is 6.52. The van der Waals surface area contributed by atoms with Crippen molar-refractivity contribution in [3.05, 3.63) is 18.2 Å². The average Bonchev–Trinajstić information content (AvgIpc) is 3.29. The van der Waals surface area contributed by atoms with E-state index in [-0.39, 0.29) is 6.03 Å². The van der Waals surface area contributed by atoms with Crippen LogP contribution in [-0.4, -0.2) is 71.0 Å². The van der Waals surface area contributed by atoms with Gasteiger partial charge in [0, 0.05) is 30.9 Å². The van der Waals surface area contributed by atoms with Crippen LogP contribution in [0.4, 0.5) is 10.5 Å². The van der Waals surface area contributed by atoms with Crippen LogP contribution in [0.1, 0.15) is 38.5 Å². The van der Waals surface area contributed by atoms with E-state index in [0.717, 1.165) is 42.5 Å². The molecule has 1 aromatic carbocycles. The Morgan fingerprint density at radius 2 is 1.97 bits per heavy atom. The van der Waals surface area contributed by atoms with Crippen molar-refractivity contribution in [1.82, 2.24) is 25.3 Å². The molecule has 2 bridgehead atoms. The van der Waals surface area contributed by atoms with E-state index in [2.05, 4.69) is 30.6 Å². The third kappa shape index (κ3) is 4.18. The number of urea groups is 1. The second-order valence-corrected chi connectivity index (χ2v) is 8.53. The zero-order valence-electron chi connectivity index (χ0n) is 16.8. The largest absolute Gasteiger partial charge is 0.460 e. The standard InChI is InChI=1S/C21H30N6O2/c28-21(22-15-3-1-2-4-15)23-16-5-6-19-18(13-16)20(25-24-19)29-14-27-12-11-26-9-7-17(27)8-10-26/h5-6,13,15,17H,1-4,7-12,14H2,(H,24,25)(H2,22,23,28). The van der Waals surface area contributed by atoms with Gasteiger partial charge in [0.2, 0.25) is 5.88 Å². The van der Waals surface area contributed by atoms with E-state index in [1.807, 2.05) is 18.2 Å². The normalized spacial score (nSPS) is 25.2. The van der Waals surface area contributed by atoms with Crippen LogP contribution < -0.4 is 15.4 Å². The van der Waals surface area contributed by atoms with Gasteiger partial charge in [0.1, 0.15) is 6.73 Å². The van der Waals surface area contributed by atoms with Crippen LogP contribution in [0, 0.1) is 0 Å². The third-order valence-electron chi connectivity index (χ3n) is 6.62. The lowest BCUT2D eigenvalue weighted by Crippen LogP contribution is -2.39. The second-order valence-electron chi connectivity index (χ2n) is 8.53. The van der Waals surface area contributed by atoms with Gasteiger partial charge < -0.3 is 20.3 Å². The summed E-state index contributed by atoms with van der Waals surface area (Å²) in [6.45, 7) is 5.11. The average molecular weight is 399 g/mol. The fraction of sp³-hybridized carbons (Fsp3) is 0.619. The van der Waals surface area contributed by atoms with Gasteiger partial charge in [-0.1, -0.05) is 12.8 Å². The molecule has 29 heavy (non-hydrogen) atoms. The number of hydrogen-bond donors (Lipinski definition) is 3. The Kier molecular flexibility index (Phi) is 5.28. The lowest BCUT2D eigenvalue weighted by molar-refractivity contribution is 0.0843. The Morgan fingerprint density at radius 1 is 1.14 bits per heavy atom. The van der Waals surface area contributed by atoms with Gasteiger partial charge in [-0.15, -0.1) is 5.10 Å². The van der Waals surface area contributed by atoms with Crippen molar-refractivity contribution in [2.45, 2.75) is 50.6 Å². The lowest BCUT2D eigenvalue weighted by Gasteiger charge is -2.30. The molecule has 4 heterocycles. The van der Waals surface area contributed by atoms with Crippen LogP contribution in [0.3, 0.4) is 0 Å². The molecule has 2 amide bonds. The maximum atomic E-state index is 12.3. The Balaban J connectivity index is 1.24. The van der Waals surface area contributed by atoms with Crippen molar-refractivity contribution < 1.29 is 9.53 Å². The monoisotopic (exact) mass is 398 g/mol. The zero-order chi connectivity index (χ0) is 19.6. The number of nitrogens with one attached hydrogen (secondary N) is 3. The fourth-order valence-corrected chi connectivity index (χ4v) is 4.87. The molecule has 8 heteroatoms. The number of ether oxygens (including phenoxy) is 1. The molecule has 1 saturated carbocycles. The van der Waals surface area contributed by atoms with Crippen molar-refractivity contribution in [2.75, 3.05) is 38.2 Å². The summed E-state index contributed by atoms with van der Waals surface area (Å²) in [5, 5.41) is 14.3. The molecule has 4 fully saturated rings. The predicted octanol–water partition coefficient (Wildman–Crippen LogP) is 2.74. The smallest absolute Gasteiger partial charge is 0.319 e. The van der Waals surface area contributed by atoms with E-state index in [1.165, 1.54) is 38.8 Å². The molecule has 0 radical (unpaired) electrons. The van der Waals surface area contributed by atoms with E-state index in [9.17, 15) is 4.79 Å². The van der Waals surface area contributed by atoms with Crippen LogP contribution in [-0.2, 0) is 0 Å². The topological polar surface area (TPSA) is 85.5 Å². The second kappa shape index (κ2) is 8.20. The molecule has 156 valence electrons. The molecule has 2 aromatic rings. The van der Waals surface area contributed by atoms with Crippen LogP contribution in [0.15, 0.2) is 18.2 Å². The SMILES string of the molecule is O=C(Nc1ccc2[nH]nc(OCN3CCN4CCC3CC4)c2c1)NC1CCCC1. The number of piperidine rings is 1. The molecule has 3 aliphatic heterocycles. The molecule has 6 rings (SSSR count). The first kappa shape index (κ1) is 18.7. The number of hydrogen-bond acceptors (Lipinski definition) is 5. The number of carbonyl (C=O) groups is 1. The Bertz CT molecular complexity index is 854. The molecule has 4 aliphatic rings. The first-order valence-electron chi connectivity index (χ1n) is 10.9. The van der Waals surface area contributed by atoms with E-state index in [1.54, 1.807) is 0 Å². The van der Waals surface area contributed by atoms with E-state index in [4.69, 9.17) is 4.74 Å². The van der Waals surface area contributed by atoms with Gasteiger partial charge in [-0.25, -0.2) is 4.79 Å². The summed E-state index contributed by atoms with van der Waals surface area (Å²) in [5.74, 6) is 0.596. The number of rotatable bonds is 5. The highest BCUT2D eigenvalue weighted by Crippen LogP contribution is 2.27. The molecule has 3 N–H and O–H groups in total.